The maximum Gasteiger partial charge on any atom is 0.282 e. The zero-order valence-corrected chi connectivity index (χ0v) is 14.1. The number of morpholine rings is 1. The van der Waals surface area contributed by atoms with E-state index in [0.29, 0.717) is 42.5 Å². The van der Waals surface area contributed by atoms with Crippen LogP contribution in [0.4, 0.5) is 10.1 Å². The SMILES string of the molecule is O=C1C(c2cccs2)=C(N2CCOCC2)C(=O)N1c1ccccc1F. The van der Waals surface area contributed by atoms with Gasteiger partial charge in [-0.25, -0.2) is 9.29 Å². The Morgan fingerprint density at radius 3 is 2.44 bits per heavy atom. The van der Waals surface area contributed by atoms with Gasteiger partial charge in [-0.1, -0.05) is 18.2 Å². The molecule has 0 atom stereocenters. The van der Waals surface area contributed by atoms with Gasteiger partial charge in [-0.05, 0) is 23.6 Å². The molecule has 1 fully saturated rings. The van der Waals surface area contributed by atoms with Gasteiger partial charge in [0.2, 0.25) is 0 Å². The first-order chi connectivity index (χ1) is 12.2. The van der Waals surface area contributed by atoms with Gasteiger partial charge < -0.3 is 9.64 Å². The van der Waals surface area contributed by atoms with E-state index in [-0.39, 0.29) is 5.69 Å². The highest BCUT2D eigenvalue weighted by Gasteiger charge is 2.43. The predicted molar refractivity (Wildman–Crippen MR) is 92.5 cm³/mol. The van der Waals surface area contributed by atoms with Crippen molar-refractivity contribution in [3.63, 3.8) is 0 Å². The second kappa shape index (κ2) is 6.42. The minimum atomic E-state index is -0.599. The normalized spacial score (nSPS) is 18.4. The van der Waals surface area contributed by atoms with Crippen molar-refractivity contribution in [3.8, 4) is 0 Å². The van der Waals surface area contributed by atoms with Crippen LogP contribution < -0.4 is 4.90 Å². The van der Waals surface area contributed by atoms with Gasteiger partial charge in [-0.15, -0.1) is 11.3 Å². The molecule has 7 heteroatoms. The molecule has 1 saturated heterocycles. The molecule has 4 rings (SSSR count). The molecule has 0 unspecified atom stereocenters. The van der Waals surface area contributed by atoms with Crippen molar-refractivity contribution >= 4 is 34.4 Å². The molecule has 0 bridgehead atoms. The smallest absolute Gasteiger partial charge is 0.282 e. The second-order valence-corrected chi connectivity index (χ2v) is 6.65. The Hall–Kier alpha value is -2.51. The van der Waals surface area contributed by atoms with Crippen molar-refractivity contribution in [3.05, 3.63) is 58.2 Å². The lowest BCUT2D eigenvalue weighted by Gasteiger charge is -2.29. The zero-order chi connectivity index (χ0) is 17.4. The monoisotopic (exact) mass is 358 g/mol. The van der Waals surface area contributed by atoms with Crippen LogP contribution in [0, 0.1) is 5.82 Å². The van der Waals surface area contributed by atoms with Crippen LogP contribution in [0.2, 0.25) is 0 Å². The molecule has 3 heterocycles. The average Bonchev–Trinajstić information content (AvgIpc) is 3.23. The molecule has 1 aromatic heterocycles. The molecule has 0 radical (unpaired) electrons. The number of hydrogen-bond acceptors (Lipinski definition) is 5. The summed E-state index contributed by atoms with van der Waals surface area (Å²) < 4.78 is 19.6. The lowest BCUT2D eigenvalue weighted by Crippen LogP contribution is -2.40. The largest absolute Gasteiger partial charge is 0.378 e. The Morgan fingerprint density at radius 2 is 1.76 bits per heavy atom. The number of halogens is 1. The first-order valence-electron chi connectivity index (χ1n) is 7.92. The van der Waals surface area contributed by atoms with Crippen molar-refractivity contribution < 1.29 is 18.7 Å². The third-order valence-electron chi connectivity index (χ3n) is 4.25. The molecule has 2 aliphatic rings. The van der Waals surface area contributed by atoms with Crippen molar-refractivity contribution in [2.45, 2.75) is 0 Å². The number of anilines is 1. The van der Waals surface area contributed by atoms with E-state index in [4.69, 9.17) is 4.74 Å². The molecule has 2 amide bonds. The van der Waals surface area contributed by atoms with E-state index in [1.807, 2.05) is 16.3 Å². The minimum Gasteiger partial charge on any atom is -0.378 e. The molecule has 25 heavy (non-hydrogen) atoms. The first kappa shape index (κ1) is 16.0. The topological polar surface area (TPSA) is 49.9 Å². The Kier molecular flexibility index (Phi) is 4.10. The van der Waals surface area contributed by atoms with Crippen LogP contribution in [0.15, 0.2) is 47.5 Å². The van der Waals surface area contributed by atoms with Crippen LogP contribution >= 0.6 is 11.3 Å². The third-order valence-corrected chi connectivity index (χ3v) is 5.14. The fourth-order valence-corrected chi connectivity index (χ4v) is 3.86. The van der Waals surface area contributed by atoms with Crippen molar-refractivity contribution in [1.82, 2.24) is 4.90 Å². The molecule has 0 saturated carbocycles. The summed E-state index contributed by atoms with van der Waals surface area (Å²) in [6.45, 7) is 2.02. The Bertz CT molecular complexity index is 857. The van der Waals surface area contributed by atoms with Gasteiger partial charge in [0, 0.05) is 18.0 Å². The highest BCUT2D eigenvalue weighted by atomic mass is 32.1. The highest BCUT2D eigenvalue weighted by molar-refractivity contribution is 7.11. The maximum absolute atomic E-state index is 14.2. The van der Waals surface area contributed by atoms with Crippen LogP contribution in [0.5, 0.6) is 0 Å². The van der Waals surface area contributed by atoms with Gasteiger partial charge in [0.05, 0.1) is 24.5 Å². The summed E-state index contributed by atoms with van der Waals surface area (Å²) in [6.07, 6.45) is 0. The summed E-state index contributed by atoms with van der Waals surface area (Å²) in [5.41, 5.74) is 0.652. The number of carbonyl (C=O) groups excluding carboxylic acids is 2. The van der Waals surface area contributed by atoms with E-state index >= 15 is 0 Å². The number of amides is 2. The summed E-state index contributed by atoms with van der Waals surface area (Å²) in [6, 6.07) is 9.45. The van der Waals surface area contributed by atoms with E-state index in [2.05, 4.69) is 0 Å². The van der Waals surface area contributed by atoms with E-state index in [1.165, 1.54) is 29.5 Å². The molecule has 2 aromatic rings. The number of ether oxygens (including phenoxy) is 1. The Labute approximate surface area is 147 Å². The number of hydrogen-bond donors (Lipinski definition) is 0. The predicted octanol–water partition coefficient (Wildman–Crippen LogP) is 2.50. The second-order valence-electron chi connectivity index (χ2n) is 5.70. The number of rotatable bonds is 3. The molecule has 1 aromatic carbocycles. The molecule has 2 aliphatic heterocycles. The summed E-state index contributed by atoms with van der Waals surface area (Å²) in [5.74, 6) is -1.57. The molecule has 5 nitrogen and oxygen atoms in total. The lowest BCUT2D eigenvalue weighted by atomic mass is 10.1. The quantitative estimate of drug-likeness (QED) is 0.791. The number of thiophene rings is 1. The molecular weight excluding hydrogens is 343 g/mol. The van der Waals surface area contributed by atoms with Crippen LogP contribution in [0.3, 0.4) is 0 Å². The van der Waals surface area contributed by atoms with E-state index in [0.717, 1.165) is 4.90 Å². The van der Waals surface area contributed by atoms with E-state index in [1.54, 1.807) is 12.1 Å². The van der Waals surface area contributed by atoms with Gasteiger partial charge >= 0.3 is 0 Å². The van der Waals surface area contributed by atoms with Gasteiger partial charge in [0.25, 0.3) is 11.8 Å². The summed E-state index contributed by atoms with van der Waals surface area (Å²) in [4.78, 5) is 29.6. The summed E-state index contributed by atoms with van der Waals surface area (Å²) in [7, 11) is 0. The first-order valence-corrected chi connectivity index (χ1v) is 8.80. The average molecular weight is 358 g/mol. The summed E-state index contributed by atoms with van der Waals surface area (Å²) >= 11 is 1.39. The Morgan fingerprint density at radius 1 is 1.00 bits per heavy atom. The number of nitrogens with zero attached hydrogens (tertiary/aromatic N) is 2. The minimum absolute atomic E-state index is 0.0187. The van der Waals surface area contributed by atoms with Gasteiger partial charge in [0.1, 0.15) is 11.5 Å². The van der Waals surface area contributed by atoms with Gasteiger partial charge in [0.15, 0.2) is 0 Å². The van der Waals surface area contributed by atoms with Crippen LogP contribution in [-0.2, 0) is 14.3 Å². The van der Waals surface area contributed by atoms with Crippen LogP contribution in [0.1, 0.15) is 4.88 Å². The number of benzene rings is 1. The van der Waals surface area contributed by atoms with Crippen LogP contribution in [-0.4, -0.2) is 43.0 Å². The van der Waals surface area contributed by atoms with Gasteiger partial charge in [-0.3, -0.25) is 9.59 Å². The summed E-state index contributed by atoms with van der Waals surface area (Å²) in [5, 5.41) is 1.85. The molecule has 0 N–H and O–H groups in total. The zero-order valence-electron chi connectivity index (χ0n) is 13.3. The third kappa shape index (κ3) is 2.65. The lowest BCUT2D eigenvalue weighted by molar-refractivity contribution is -0.121. The molecular formula is C18H15FN2O3S. The Balaban J connectivity index is 1.83. The van der Waals surface area contributed by atoms with Gasteiger partial charge in [-0.2, -0.15) is 0 Å². The van der Waals surface area contributed by atoms with E-state index < -0.39 is 17.6 Å². The highest BCUT2D eigenvalue weighted by Crippen LogP contribution is 2.37. The van der Waals surface area contributed by atoms with Crippen LogP contribution in [0.25, 0.3) is 5.57 Å². The molecule has 0 spiro atoms. The van der Waals surface area contributed by atoms with Crippen molar-refractivity contribution in [1.29, 1.82) is 0 Å². The molecule has 128 valence electrons. The fourth-order valence-electron chi connectivity index (χ4n) is 3.09. The standard InChI is InChI=1S/C18H15FN2O3S/c19-12-4-1-2-5-13(12)21-17(22)15(14-6-3-11-25-14)16(18(21)23)20-7-9-24-10-8-20/h1-6,11H,7-10H2. The fraction of sp³-hybridized carbons (Fsp3) is 0.222. The number of imide groups is 1. The number of carbonyl (C=O) groups is 2. The molecule has 0 aliphatic carbocycles. The van der Waals surface area contributed by atoms with Crippen molar-refractivity contribution in [2.24, 2.45) is 0 Å². The van der Waals surface area contributed by atoms with E-state index in [9.17, 15) is 14.0 Å². The van der Waals surface area contributed by atoms with Crippen molar-refractivity contribution in [2.75, 3.05) is 31.2 Å². The number of para-hydroxylation sites is 1. The maximum atomic E-state index is 14.2.